The molecule has 3 aromatic heterocycles. The minimum atomic E-state index is -0.0941. The third kappa shape index (κ3) is 4.38. The lowest BCUT2D eigenvalue weighted by atomic mass is 10.0. The molecule has 1 aliphatic rings. The van der Waals surface area contributed by atoms with E-state index in [9.17, 15) is 0 Å². The molecule has 0 N–H and O–H groups in total. The molecular weight excluding hydrogens is 462 g/mol. The fraction of sp³-hybridized carbons (Fsp3) is 0.280. The van der Waals surface area contributed by atoms with Crippen LogP contribution in [0.4, 0.5) is 5.13 Å². The molecule has 0 amide bonds. The van der Waals surface area contributed by atoms with Gasteiger partial charge in [0.25, 0.3) is 0 Å². The lowest BCUT2D eigenvalue weighted by molar-refractivity contribution is 0.200. The maximum absolute atomic E-state index is 5.55. The Balaban J connectivity index is 1.27. The van der Waals surface area contributed by atoms with E-state index in [0.717, 1.165) is 59.7 Å². The van der Waals surface area contributed by atoms with Crippen LogP contribution in [-0.2, 0) is 6.54 Å². The van der Waals surface area contributed by atoms with Gasteiger partial charge in [-0.25, -0.2) is 9.67 Å². The van der Waals surface area contributed by atoms with Gasteiger partial charge in [-0.1, -0.05) is 35.6 Å². The molecule has 5 aromatic rings. The molecule has 10 heteroatoms. The molecule has 0 spiro atoms. The van der Waals surface area contributed by atoms with Crippen LogP contribution in [0.1, 0.15) is 23.2 Å². The van der Waals surface area contributed by atoms with E-state index in [2.05, 4.69) is 55.7 Å². The monoisotopic (exact) mass is 487 g/mol. The van der Waals surface area contributed by atoms with Gasteiger partial charge < -0.3 is 14.1 Å². The van der Waals surface area contributed by atoms with Gasteiger partial charge in [-0.15, -0.1) is 5.10 Å². The van der Waals surface area contributed by atoms with E-state index in [1.165, 1.54) is 4.70 Å². The van der Waals surface area contributed by atoms with Gasteiger partial charge in [0, 0.05) is 26.2 Å². The SMILES string of the molecule is COc1ccc(C(c2nnnn2Cc2ccco2)N2CCN(c3nc4ccccc4s3)CC2)cc1. The summed E-state index contributed by atoms with van der Waals surface area (Å²) in [4.78, 5) is 9.67. The number of para-hydroxylation sites is 1. The number of furan rings is 1. The first-order valence-corrected chi connectivity index (χ1v) is 12.4. The number of thiazole rings is 1. The normalized spacial score (nSPS) is 15.5. The van der Waals surface area contributed by atoms with Crippen molar-refractivity contribution < 1.29 is 9.15 Å². The standard InChI is InChI=1S/C25H25N7O2S/c1-33-19-10-8-18(9-11-19)23(24-27-28-29-32(24)17-20-5-4-16-34-20)30-12-14-31(15-13-30)25-26-21-6-2-3-7-22(21)35-25/h2-11,16,23H,12-15,17H2,1H3. The fourth-order valence-electron chi connectivity index (χ4n) is 4.55. The van der Waals surface area contributed by atoms with Crippen LogP contribution in [0, 0.1) is 0 Å². The zero-order valence-corrected chi connectivity index (χ0v) is 20.1. The van der Waals surface area contributed by atoms with Gasteiger partial charge in [0.1, 0.15) is 18.1 Å². The number of tetrazole rings is 1. The first kappa shape index (κ1) is 21.8. The first-order chi connectivity index (χ1) is 17.3. The largest absolute Gasteiger partial charge is 0.497 e. The maximum Gasteiger partial charge on any atom is 0.186 e. The van der Waals surface area contributed by atoms with Crippen molar-refractivity contribution in [2.45, 2.75) is 12.6 Å². The highest BCUT2D eigenvalue weighted by Gasteiger charge is 2.31. The summed E-state index contributed by atoms with van der Waals surface area (Å²) in [5.41, 5.74) is 2.18. The Hall–Kier alpha value is -3.76. The van der Waals surface area contributed by atoms with E-state index in [-0.39, 0.29) is 6.04 Å². The molecule has 2 aromatic carbocycles. The smallest absolute Gasteiger partial charge is 0.186 e. The van der Waals surface area contributed by atoms with E-state index in [0.29, 0.717) is 6.54 Å². The summed E-state index contributed by atoms with van der Waals surface area (Å²) < 4.78 is 14.0. The number of rotatable bonds is 7. The molecule has 0 bridgehead atoms. The highest BCUT2D eigenvalue weighted by molar-refractivity contribution is 7.22. The van der Waals surface area contributed by atoms with E-state index >= 15 is 0 Å². The van der Waals surface area contributed by atoms with Gasteiger partial charge in [-0.3, -0.25) is 4.90 Å². The highest BCUT2D eigenvalue weighted by Crippen LogP contribution is 2.33. The Morgan fingerprint density at radius 3 is 2.57 bits per heavy atom. The lowest BCUT2D eigenvalue weighted by Gasteiger charge is -2.38. The molecule has 0 aliphatic carbocycles. The van der Waals surface area contributed by atoms with Gasteiger partial charge in [0.05, 0.1) is 29.6 Å². The van der Waals surface area contributed by atoms with Gasteiger partial charge in [-0.05, 0) is 52.4 Å². The minimum Gasteiger partial charge on any atom is -0.497 e. The van der Waals surface area contributed by atoms with E-state index in [4.69, 9.17) is 14.1 Å². The summed E-state index contributed by atoms with van der Waals surface area (Å²) in [5.74, 6) is 2.43. The van der Waals surface area contributed by atoms with Crippen LogP contribution >= 0.6 is 11.3 Å². The molecule has 9 nitrogen and oxygen atoms in total. The Morgan fingerprint density at radius 1 is 1.00 bits per heavy atom. The second-order valence-electron chi connectivity index (χ2n) is 8.44. The predicted molar refractivity (Wildman–Crippen MR) is 134 cm³/mol. The number of piperazine rings is 1. The molecular formula is C25H25N7O2S. The molecule has 1 fully saturated rings. The van der Waals surface area contributed by atoms with Crippen LogP contribution in [0.2, 0.25) is 0 Å². The molecule has 178 valence electrons. The van der Waals surface area contributed by atoms with Gasteiger partial charge >= 0.3 is 0 Å². The second-order valence-corrected chi connectivity index (χ2v) is 9.45. The Labute approximate surface area is 206 Å². The van der Waals surface area contributed by atoms with Crippen LogP contribution in [0.15, 0.2) is 71.3 Å². The summed E-state index contributed by atoms with van der Waals surface area (Å²) >= 11 is 1.75. The summed E-state index contributed by atoms with van der Waals surface area (Å²) in [7, 11) is 1.68. The van der Waals surface area contributed by atoms with Crippen molar-refractivity contribution in [1.29, 1.82) is 0 Å². The van der Waals surface area contributed by atoms with Gasteiger partial charge in [0.2, 0.25) is 0 Å². The van der Waals surface area contributed by atoms with Crippen molar-refractivity contribution >= 4 is 26.7 Å². The number of hydrogen-bond donors (Lipinski definition) is 0. The summed E-state index contributed by atoms with van der Waals surface area (Å²) in [6.45, 7) is 3.96. The zero-order valence-electron chi connectivity index (χ0n) is 19.3. The zero-order chi connectivity index (χ0) is 23.6. The van der Waals surface area contributed by atoms with Crippen molar-refractivity contribution in [3.05, 3.63) is 84.1 Å². The second kappa shape index (κ2) is 9.47. The van der Waals surface area contributed by atoms with Crippen molar-refractivity contribution in [1.82, 2.24) is 30.1 Å². The van der Waals surface area contributed by atoms with E-state index in [1.54, 1.807) is 24.7 Å². The van der Waals surface area contributed by atoms with Crippen LogP contribution in [0.25, 0.3) is 10.2 Å². The summed E-state index contributed by atoms with van der Waals surface area (Å²) in [6.07, 6.45) is 1.67. The van der Waals surface area contributed by atoms with Gasteiger partial charge in [0.15, 0.2) is 11.0 Å². The quantitative estimate of drug-likeness (QED) is 0.342. The molecule has 35 heavy (non-hydrogen) atoms. The van der Waals surface area contributed by atoms with Crippen LogP contribution < -0.4 is 9.64 Å². The van der Waals surface area contributed by atoms with E-state index < -0.39 is 0 Å². The summed E-state index contributed by atoms with van der Waals surface area (Å²) in [6, 6.07) is 20.2. The molecule has 4 heterocycles. The summed E-state index contributed by atoms with van der Waals surface area (Å²) in [5, 5.41) is 13.8. The van der Waals surface area contributed by atoms with Crippen molar-refractivity contribution in [3.63, 3.8) is 0 Å². The van der Waals surface area contributed by atoms with Crippen molar-refractivity contribution in [2.75, 3.05) is 38.2 Å². The number of aromatic nitrogens is 5. The van der Waals surface area contributed by atoms with Crippen LogP contribution in [0.3, 0.4) is 0 Å². The average molecular weight is 488 g/mol. The van der Waals surface area contributed by atoms with Crippen LogP contribution in [-0.4, -0.2) is 63.4 Å². The molecule has 1 atom stereocenters. The third-order valence-corrected chi connectivity index (χ3v) is 7.45. The third-order valence-electron chi connectivity index (χ3n) is 6.35. The highest BCUT2D eigenvalue weighted by atomic mass is 32.1. The molecule has 0 saturated carbocycles. The maximum atomic E-state index is 5.55. The minimum absolute atomic E-state index is 0.0941. The Bertz CT molecular complexity index is 1360. The van der Waals surface area contributed by atoms with Crippen molar-refractivity contribution in [2.24, 2.45) is 0 Å². The average Bonchev–Trinajstić information content (AvgIpc) is 3.67. The number of fused-ring (bicyclic) bond motifs is 1. The topological polar surface area (TPSA) is 85.3 Å². The Morgan fingerprint density at radius 2 is 1.83 bits per heavy atom. The van der Waals surface area contributed by atoms with Crippen LogP contribution in [0.5, 0.6) is 5.75 Å². The predicted octanol–water partition coefficient (Wildman–Crippen LogP) is 3.84. The number of benzene rings is 2. The number of hydrogen-bond acceptors (Lipinski definition) is 9. The number of nitrogens with zero attached hydrogens (tertiary/aromatic N) is 7. The molecule has 1 aliphatic heterocycles. The fourth-order valence-corrected chi connectivity index (χ4v) is 5.56. The van der Waals surface area contributed by atoms with Gasteiger partial charge in [-0.2, -0.15) is 0 Å². The van der Waals surface area contributed by atoms with Crippen molar-refractivity contribution in [3.8, 4) is 5.75 Å². The molecule has 6 rings (SSSR count). The first-order valence-electron chi connectivity index (χ1n) is 11.6. The molecule has 1 saturated heterocycles. The number of ether oxygens (including phenoxy) is 1. The molecule has 1 unspecified atom stereocenters. The Kier molecular flexibility index (Phi) is 5.89. The van der Waals surface area contributed by atoms with E-state index in [1.807, 2.05) is 35.0 Å². The lowest BCUT2D eigenvalue weighted by Crippen LogP contribution is -2.48. The number of methoxy groups -OCH3 is 1. The number of anilines is 1. The molecule has 0 radical (unpaired) electrons.